The van der Waals surface area contributed by atoms with Crippen LogP contribution in [-0.2, 0) is 26.2 Å². The van der Waals surface area contributed by atoms with Gasteiger partial charge in [-0.05, 0) is 67.0 Å². The molecule has 0 bridgehead atoms. The van der Waals surface area contributed by atoms with Gasteiger partial charge in [0.25, 0.3) is 11.8 Å². The average molecular weight is 751 g/mol. The molecule has 0 aliphatic rings. The van der Waals surface area contributed by atoms with Crippen LogP contribution in [0.2, 0.25) is 0 Å². The predicted molar refractivity (Wildman–Crippen MR) is 205 cm³/mol. The molecule has 5 atom stereocenters. The van der Waals surface area contributed by atoms with Crippen LogP contribution in [-0.4, -0.2) is 73.6 Å². The van der Waals surface area contributed by atoms with E-state index in [-0.39, 0.29) is 53.6 Å². The third kappa shape index (κ3) is 13.0. The standard InChI is InChI=1S/C39H54N6O7S/c1-24(2)17-33(34(46)18-26(5)36(47)44-35(25(3)4)39(50)41-23-28-13-12-16-40-22-28)43-38(49)31-19-30(20-32(21-31)45(7)53(8,51)52)37(48)42-27(6)29-14-10-9-11-15-29/h9-16,19-22,24-27,33-35,46H,17-18,23H2,1-8H3,(H,41,50)(H,42,48)(H,43,49)(H,44,47). The minimum Gasteiger partial charge on any atom is -0.391 e. The average Bonchev–Trinajstić information content (AvgIpc) is 3.11. The number of hydrogen-bond donors (Lipinski definition) is 5. The van der Waals surface area contributed by atoms with Gasteiger partial charge in [0.1, 0.15) is 6.04 Å². The number of nitrogens with zero attached hydrogens (tertiary/aromatic N) is 2. The first kappa shape index (κ1) is 42.6. The Hall–Kier alpha value is -4.82. The van der Waals surface area contributed by atoms with Gasteiger partial charge in [-0.1, -0.05) is 71.0 Å². The van der Waals surface area contributed by atoms with Gasteiger partial charge in [0, 0.05) is 43.0 Å². The number of anilines is 1. The summed E-state index contributed by atoms with van der Waals surface area (Å²) in [5.74, 6) is -2.82. The van der Waals surface area contributed by atoms with E-state index in [0.29, 0.717) is 6.42 Å². The lowest BCUT2D eigenvalue weighted by Gasteiger charge is -2.29. The molecule has 0 aliphatic heterocycles. The van der Waals surface area contributed by atoms with Gasteiger partial charge in [-0.15, -0.1) is 0 Å². The number of sulfonamides is 1. The van der Waals surface area contributed by atoms with Crippen molar-refractivity contribution in [3.63, 3.8) is 0 Å². The molecule has 0 saturated heterocycles. The summed E-state index contributed by atoms with van der Waals surface area (Å²) >= 11 is 0. The topological polar surface area (TPSA) is 187 Å². The van der Waals surface area contributed by atoms with E-state index in [4.69, 9.17) is 0 Å². The second kappa shape index (κ2) is 19.3. The van der Waals surface area contributed by atoms with Crippen molar-refractivity contribution in [3.8, 4) is 0 Å². The molecule has 53 heavy (non-hydrogen) atoms. The summed E-state index contributed by atoms with van der Waals surface area (Å²) in [6, 6.07) is 15.1. The zero-order valence-corrected chi connectivity index (χ0v) is 32.6. The fourth-order valence-corrected chi connectivity index (χ4v) is 6.18. The molecule has 0 radical (unpaired) electrons. The molecule has 13 nitrogen and oxygen atoms in total. The number of benzene rings is 2. The Morgan fingerprint density at radius 1 is 0.811 bits per heavy atom. The second-order valence-corrected chi connectivity index (χ2v) is 16.3. The molecule has 1 heterocycles. The van der Waals surface area contributed by atoms with Crippen LogP contribution in [0.15, 0.2) is 73.1 Å². The van der Waals surface area contributed by atoms with Gasteiger partial charge in [-0.3, -0.25) is 28.5 Å². The van der Waals surface area contributed by atoms with Crippen molar-refractivity contribution >= 4 is 39.3 Å². The molecule has 288 valence electrons. The molecular formula is C39H54N6O7S. The van der Waals surface area contributed by atoms with Crippen molar-refractivity contribution in [3.05, 3.63) is 95.3 Å². The highest BCUT2D eigenvalue weighted by Crippen LogP contribution is 2.23. The van der Waals surface area contributed by atoms with Crippen molar-refractivity contribution in [1.29, 1.82) is 0 Å². The Labute approximate surface area is 313 Å². The fraction of sp³-hybridized carbons (Fsp3) is 0.462. The lowest BCUT2D eigenvalue weighted by atomic mass is 9.91. The van der Waals surface area contributed by atoms with Gasteiger partial charge in [0.15, 0.2) is 0 Å². The van der Waals surface area contributed by atoms with E-state index in [0.717, 1.165) is 21.7 Å². The number of aromatic nitrogens is 1. The first-order valence-corrected chi connectivity index (χ1v) is 19.6. The fourth-order valence-electron chi connectivity index (χ4n) is 5.69. The van der Waals surface area contributed by atoms with Gasteiger partial charge in [0.05, 0.1) is 30.1 Å². The summed E-state index contributed by atoms with van der Waals surface area (Å²) in [5.41, 5.74) is 1.87. The van der Waals surface area contributed by atoms with E-state index in [9.17, 15) is 32.7 Å². The molecule has 0 spiro atoms. The Morgan fingerprint density at radius 2 is 1.43 bits per heavy atom. The normalized spacial score (nSPS) is 14.4. The van der Waals surface area contributed by atoms with Crippen LogP contribution >= 0.6 is 0 Å². The summed E-state index contributed by atoms with van der Waals surface area (Å²) in [4.78, 5) is 57.6. The van der Waals surface area contributed by atoms with Crippen molar-refractivity contribution in [2.24, 2.45) is 17.8 Å². The predicted octanol–water partition coefficient (Wildman–Crippen LogP) is 3.96. The van der Waals surface area contributed by atoms with Crippen LogP contribution in [0.25, 0.3) is 0 Å². The van der Waals surface area contributed by atoms with Crippen molar-refractivity contribution in [2.45, 2.75) is 85.2 Å². The molecule has 1 aromatic heterocycles. The highest BCUT2D eigenvalue weighted by molar-refractivity contribution is 7.92. The van der Waals surface area contributed by atoms with Gasteiger partial charge in [-0.2, -0.15) is 0 Å². The smallest absolute Gasteiger partial charge is 0.251 e. The van der Waals surface area contributed by atoms with Crippen LogP contribution in [0.4, 0.5) is 5.69 Å². The summed E-state index contributed by atoms with van der Waals surface area (Å²) in [6.07, 6.45) is 3.48. The number of carbonyl (C=O) groups is 4. The van der Waals surface area contributed by atoms with Gasteiger partial charge >= 0.3 is 0 Å². The van der Waals surface area contributed by atoms with E-state index >= 15 is 0 Å². The van der Waals surface area contributed by atoms with Crippen LogP contribution in [0.3, 0.4) is 0 Å². The molecule has 2 aromatic carbocycles. The Bertz CT molecular complexity index is 1810. The number of aliphatic hydroxyl groups is 1. The van der Waals surface area contributed by atoms with Gasteiger partial charge < -0.3 is 26.4 Å². The van der Waals surface area contributed by atoms with E-state index in [1.54, 1.807) is 25.4 Å². The Balaban J connectivity index is 1.78. The van der Waals surface area contributed by atoms with Crippen molar-refractivity contribution in [2.75, 3.05) is 17.6 Å². The van der Waals surface area contributed by atoms with E-state index in [1.165, 1.54) is 25.2 Å². The molecule has 5 unspecified atom stereocenters. The molecule has 0 fully saturated rings. The molecule has 4 amide bonds. The highest BCUT2D eigenvalue weighted by Gasteiger charge is 2.31. The van der Waals surface area contributed by atoms with E-state index in [2.05, 4.69) is 26.3 Å². The monoisotopic (exact) mass is 750 g/mol. The largest absolute Gasteiger partial charge is 0.391 e. The number of aliphatic hydroxyl groups excluding tert-OH is 1. The van der Waals surface area contributed by atoms with Crippen LogP contribution < -0.4 is 25.6 Å². The van der Waals surface area contributed by atoms with Crippen LogP contribution in [0, 0.1) is 17.8 Å². The summed E-state index contributed by atoms with van der Waals surface area (Å²) < 4.78 is 25.9. The van der Waals surface area contributed by atoms with Crippen molar-refractivity contribution < 1.29 is 32.7 Å². The molecule has 3 aromatic rings. The minimum absolute atomic E-state index is 0.0133. The Kier molecular flexibility index (Phi) is 15.5. The minimum atomic E-state index is -3.75. The summed E-state index contributed by atoms with van der Waals surface area (Å²) in [5, 5.41) is 22.8. The number of rotatable bonds is 18. The van der Waals surface area contributed by atoms with Crippen LogP contribution in [0.5, 0.6) is 0 Å². The highest BCUT2D eigenvalue weighted by atomic mass is 32.2. The summed E-state index contributed by atoms with van der Waals surface area (Å²) in [7, 11) is -2.43. The van der Waals surface area contributed by atoms with Gasteiger partial charge in [0.2, 0.25) is 21.8 Å². The number of nitrogens with one attached hydrogen (secondary N) is 4. The molecule has 0 saturated carbocycles. The van der Waals surface area contributed by atoms with E-state index in [1.807, 2.05) is 71.0 Å². The number of pyridine rings is 1. The zero-order chi connectivity index (χ0) is 39.5. The maximum Gasteiger partial charge on any atom is 0.251 e. The van der Waals surface area contributed by atoms with Crippen molar-refractivity contribution in [1.82, 2.24) is 26.3 Å². The first-order valence-electron chi connectivity index (χ1n) is 17.8. The zero-order valence-electron chi connectivity index (χ0n) is 31.8. The SMILES string of the molecule is CC(C)CC(NC(=O)c1cc(C(=O)NC(C)c2ccccc2)cc(N(C)S(C)(=O)=O)c1)C(O)CC(C)C(=O)NC(C(=O)NCc1cccnc1)C(C)C. The third-order valence-electron chi connectivity index (χ3n) is 8.94. The molecule has 5 N–H and O–H groups in total. The lowest BCUT2D eigenvalue weighted by Crippen LogP contribution is -2.51. The van der Waals surface area contributed by atoms with Gasteiger partial charge in [-0.25, -0.2) is 8.42 Å². The quantitative estimate of drug-likeness (QED) is 0.129. The first-order chi connectivity index (χ1) is 24.9. The second-order valence-electron chi connectivity index (χ2n) is 14.3. The summed E-state index contributed by atoms with van der Waals surface area (Å²) in [6.45, 7) is 11.2. The molecular weight excluding hydrogens is 697 g/mol. The molecule has 14 heteroatoms. The third-order valence-corrected chi connectivity index (χ3v) is 10.1. The maximum absolute atomic E-state index is 13.8. The molecule has 3 rings (SSSR count). The maximum atomic E-state index is 13.8. The number of carbonyl (C=O) groups excluding carboxylic acids is 4. The Morgan fingerprint density at radius 3 is 1.98 bits per heavy atom. The number of hydrogen-bond acceptors (Lipinski definition) is 8. The lowest BCUT2D eigenvalue weighted by molar-refractivity contribution is -0.132. The van der Waals surface area contributed by atoms with Crippen LogP contribution in [0.1, 0.15) is 92.3 Å². The number of amides is 4. The molecule has 0 aliphatic carbocycles. The van der Waals surface area contributed by atoms with E-state index < -0.39 is 51.9 Å².